The summed E-state index contributed by atoms with van der Waals surface area (Å²) in [6.07, 6.45) is 6.31. The van der Waals surface area contributed by atoms with Gasteiger partial charge in [-0.3, -0.25) is 9.59 Å². The van der Waals surface area contributed by atoms with Gasteiger partial charge in [-0.15, -0.1) is 0 Å². The number of carbonyl (C=O) groups is 2. The number of pyridine rings is 1. The predicted octanol–water partition coefficient (Wildman–Crippen LogP) is 5.93. The smallest absolute Gasteiger partial charge is 0.314 e. The number of fused-ring (bicyclic) bond motifs is 1. The standard InChI is InChI=1S/C26H26F2N2O3/c27-26(28)10-2-1-3-17(8-11-26)22(31)19-15-18-9-14-30(23(18)29-16-19)21-6-4-20(5-7-21)25(12-13-25)24(32)33/h4-7,9,14-17H,1-3,8,10-13H2,(H,32,33). The molecule has 1 N–H and O–H groups in total. The maximum atomic E-state index is 13.8. The van der Waals surface area contributed by atoms with E-state index < -0.39 is 23.2 Å². The summed E-state index contributed by atoms with van der Waals surface area (Å²) in [6.45, 7) is 0. The van der Waals surface area contributed by atoms with Crippen LogP contribution in [-0.4, -0.2) is 32.3 Å². The Balaban J connectivity index is 1.38. The molecule has 3 aromatic rings. The average Bonchev–Trinajstić information content (AvgIpc) is 3.51. The van der Waals surface area contributed by atoms with E-state index >= 15 is 0 Å². The molecule has 0 amide bonds. The van der Waals surface area contributed by atoms with Gasteiger partial charge in [-0.05, 0) is 61.9 Å². The van der Waals surface area contributed by atoms with E-state index in [9.17, 15) is 23.5 Å². The number of Topliss-reactive ketones (excluding diaryl/α,β-unsaturated/α-hetero) is 1. The number of ketones is 1. The first-order chi connectivity index (χ1) is 15.8. The molecule has 2 fully saturated rings. The van der Waals surface area contributed by atoms with Crippen LogP contribution in [0.25, 0.3) is 16.7 Å². The van der Waals surface area contributed by atoms with E-state index in [4.69, 9.17) is 0 Å². The fourth-order valence-electron chi connectivity index (χ4n) is 4.99. The van der Waals surface area contributed by atoms with E-state index in [0.29, 0.717) is 43.3 Å². The van der Waals surface area contributed by atoms with Crippen LogP contribution in [0.2, 0.25) is 0 Å². The molecule has 0 bridgehead atoms. The van der Waals surface area contributed by atoms with Crippen molar-refractivity contribution in [2.24, 2.45) is 5.92 Å². The number of alkyl halides is 2. The van der Waals surface area contributed by atoms with E-state index in [2.05, 4.69) is 4.98 Å². The molecule has 1 atom stereocenters. The second-order valence-electron chi connectivity index (χ2n) is 9.46. The summed E-state index contributed by atoms with van der Waals surface area (Å²) in [5.41, 5.74) is 2.06. The predicted molar refractivity (Wildman–Crippen MR) is 120 cm³/mol. The Labute approximate surface area is 190 Å². The summed E-state index contributed by atoms with van der Waals surface area (Å²) in [5, 5.41) is 10.3. The number of carboxylic acid groups (broad SMARTS) is 1. The molecule has 5 nitrogen and oxygen atoms in total. The molecular formula is C26H26F2N2O3. The summed E-state index contributed by atoms with van der Waals surface area (Å²) in [5.74, 6) is -3.97. The number of benzene rings is 1. The molecule has 7 heteroatoms. The van der Waals surface area contributed by atoms with Crippen LogP contribution in [0.4, 0.5) is 8.78 Å². The van der Waals surface area contributed by atoms with Gasteiger partial charge >= 0.3 is 5.97 Å². The van der Waals surface area contributed by atoms with Gasteiger partial charge in [-0.1, -0.05) is 18.6 Å². The summed E-state index contributed by atoms with van der Waals surface area (Å²) in [4.78, 5) is 29.1. The number of halogens is 2. The second kappa shape index (κ2) is 8.04. The molecule has 2 heterocycles. The van der Waals surface area contributed by atoms with Crippen molar-refractivity contribution in [2.75, 3.05) is 0 Å². The minimum Gasteiger partial charge on any atom is -0.481 e. The third-order valence-corrected chi connectivity index (χ3v) is 7.24. The number of aromatic nitrogens is 2. The lowest BCUT2D eigenvalue weighted by atomic mass is 9.85. The van der Waals surface area contributed by atoms with Crippen LogP contribution in [0, 0.1) is 5.92 Å². The van der Waals surface area contributed by atoms with Gasteiger partial charge in [0, 0.05) is 47.8 Å². The van der Waals surface area contributed by atoms with Crippen LogP contribution >= 0.6 is 0 Å². The lowest BCUT2D eigenvalue weighted by molar-refractivity contribution is -0.140. The van der Waals surface area contributed by atoms with E-state index in [1.165, 1.54) is 6.20 Å². The molecule has 1 aromatic carbocycles. The molecule has 2 saturated carbocycles. The van der Waals surface area contributed by atoms with Crippen LogP contribution < -0.4 is 0 Å². The highest BCUT2D eigenvalue weighted by Gasteiger charge is 2.51. The molecule has 172 valence electrons. The van der Waals surface area contributed by atoms with Crippen molar-refractivity contribution in [3.05, 3.63) is 59.9 Å². The third kappa shape index (κ3) is 4.05. The van der Waals surface area contributed by atoms with Gasteiger partial charge in [0.2, 0.25) is 5.92 Å². The van der Waals surface area contributed by atoms with E-state index in [1.54, 1.807) is 6.07 Å². The zero-order valence-corrected chi connectivity index (χ0v) is 18.3. The van der Waals surface area contributed by atoms with E-state index in [0.717, 1.165) is 16.6 Å². The summed E-state index contributed by atoms with van der Waals surface area (Å²) in [6, 6.07) is 11.1. The first kappa shape index (κ1) is 21.7. The summed E-state index contributed by atoms with van der Waals surface area (Å²) in [7, 11) is 0. The van der Waals surface area contributed by atoms with Crippen molar-refractivity contribution in [3.8, 4) is 5.69 Å². The molecule has 0 radical (unpaired) electrons. The molecule has 33 heavy (non-hydrogen) atoms. The van der Waals surface area contributed by atoms with Gasteiger partial charge in [0.25, 0.3) is 0 Å². The lowest BCUT2D eigenvalue weighted by Crippen LogP contribution is -2.24. The SMILES string of the molecule is O=C(c1cnc2c(ccn2-c2ccc(C3(C(=O)O)CC3)cc2)c1)C1CCCCC(F)(F)CC1. The summed E-state index contributed by atoms with van der Waals surface area (Å²) >= 11 is 0. The Bertz CT molecular complexity index is 1210. The number of aliphatic carboxylic acids is 1. The van der Waals surface area contributed by atoms with Crippen LogP contribution in [0.3, 0.4) is 0 Å². The van der Waals surface area contributed by atoms with Crippen molar-refractivity contribution in [1.82, 2.24) is 9.55 Å². The van der Waals surface area contributed by atoms with Gasteiger partial charge in [-0.25, -0.2) is 13.8 Å². The summed E-state index contributed by atoms with van der Waals surface area (Å²) < 4.78 is 29.6. The van der Waals surface area contributed by atoms with Crippen molar-refractivity contribution >= 4 is 22.8 Å². The zero-order chi connectivity index (χ0) is 23.2. The molecule has 0 spiro atoms. The maximum Gasteiger partial charge on any atom is 0.314 e. The van der Waals surface area contributed by atoms with Gasteiger partial charge in [-0.2, -0.15) is 0 Å². The van der Waals surface area contributed by atoms with Gasteiger partial charge in [0.05, 0.1) is 5.41 Å². The second-order valence-corrected chi connectivity index (χ2v) is 9.46. The Hall–Kier alpha value is -3.09. The Kier molecular flexibility index (Phi) is 5.30. The van der Waals surface area contributed by atoms with Crippen LogP contribution in [-0.2, 0) is 10.2 Å². The molecule has 2 aliphatic rings. The normalized spacial score (nSPS) is 21.8. The Morgan fingerprint density at radius 1 is 1.00 bits per heavy atom. The van der Waals surface area contributed by atoms with E-state index in [-0.39, 0.29) is 25.0 Å². The Morgan fingerprint density at radius 3 is 2.45 bits per heavy atom. The number of rotatable bonds is 5. The minimum atomic E-state index is -2.68. The average molecular weight is 453 g/mol. The van der Waals surface area contributed by atoms with Gasteiger partial charge in [0.15, 0.2) is 5.78 Å². The highest BCUT2D eigenvalue weighted by molar-refractivity contribution is 6.00. The van der Waals surface area contributed by atoms with Crippen LogP contribution in [0.1, 0.15) is 67.3 Å². The van der Waals surface area contributed by atoms with Crippen molar-refractivity contribution in [1.29, 1.82) is 0 Å². The van der Waals surface area contributed by atoms with Gasteiger partial charge in [0.1, 0.15) is 5.65 Å². The molecule has 2 aliphatic carbocycles. The number of nitrogens with zero attached hydrogens (tertiary/aromatic N) is 2. The van der Waals surface area contributed by atoms with E-state index in [1.807, 2.05) is 41.1 Å². The van der Waals surface area contributed by atoms with Gasteiger partial charge < -0.3 is 9.67 Å². The van der Waals surface area contributed by atoms with Crippen molar-refractivity contribution in [2.45, 2.75) is 62.7 Å². The molecule has 0 saturated heterocycles. The fraction of sp³-hybridized carbons (Fsp3) is 0.423. The van der Waals surface area contributed by atoms with Crippen molar-refractivity contribution < 1.29 is 23.5 Å². The fourth-order valence-corrected chi connectivity index (χ4v) is 4.99. The highest BCUT2D eigenvalue weighted by atomic mass is 19.3. The minimum absolute atomic E-state index is 0.0901. The van der Waals surface area contributed by atoms with Crippen molar-refractivity contribution in [3.63, 3.8) is 0 Å². The number of hydrogen-bond acceptors (Lipinski definition) is 3. The largest absolute Gasteiger partial charge is 0.481 e. The maximum absolute atomic E-state index is 13.8. The molecule has 0 aliphatic heterocycles. The quantitative estimate of drug-likeness (QED) is 0.487. The first-order valence-corrected chi connectivity index (χ1v) is 11.5. The highest BCUT2D eigenvalue weighted by Crippen LogP contribution is 2.48. The molecule has 2 aromatic heterocycles. The monoisotopic (exact) mass is 452 g/mol. The van der Waals surface area contributed by atoms with Crippen LogP contribution in [0.15, 0.2) is 48.8 Å². The molecular weight excluding hydrogens is 426 g/mol. The lowest BCUT2D eigenvalue weighted by Gasteiger charge is -2.24. The number of hydrogen-bond donors (Lipinski definition) is 1. The number of carboxylic acids is 1. The number of carbonyl (C=O) groups excluding carboxylic acids is 1. The first-order valence-electron chi connectivity index (χ1n) is 11.5. The van der Waals surface area contributed by atoms with Crippen LogP contribution in [0.5, 0.6) is 0 Å². The molecule has 1 unspecified atom stereocenters. The molecule has 5 rings (SSSR count). The Morgan fingerprint density at radius 2 is 1.76 bits per heavy atom. The topological polar surface area (TPSA) is 72.2 Å². The third-order valence-electron chi connectivity index (χ3n) is 7.24. The zero-order valence-electron chi connectivity index (χ0n) is 18.3.